The van der Waals surface area contributed by atoms with Gasteiger partial charge in [0, 0.05) is 6.61 Å². The summed E-state index contributed by atoms with van der Waals surface area (Å²) < 4.78 is 5.08. The van der Waals surface area contributed by atoms with Gasteiger partial charge in [0.15, 0.2) is 6.10 Å². The van der Waals surface area contributed by atoms with Crippen LogP contribution in [0.5, 0.6) is 0 Å². The fraction of sp³-hybridized carbons (Fsp3) is 0.474. The number of rotatable bonds is 8. The summed E-state index contributed by atoms with van der Waals surface area (Å²) >= 11 is 0. The fourth-order valence-electron chi connectivity index (χ4n) is 1.24. The van der Waals surface area contributed by atoms with Crippen LogP contribution in [-0.2, 0) is 52.7 Å². The first-order valence-corrected chi connectivity index (χ1v) is 9.51. The molecular weight excluding hydrogens is 564 g/mol. The van der Waals surface area contributed by atoms with Gasteiger partial charge in [-0.05, 0) is 13.3 Å². The van der Waals surface area contributed by atoms with Gasteiger partial charge in [-0.15, -0.1) is 0 Å². The summed E-state index contributed by atoms with van der Waals surface area (Å²) in [6.07, 6.45) is 4.45. The van der Waals surface area contributed by atoms with Crippen LogP contribution >= 0.6 is 0 Å². The fourth-order valence-corrected chi connectivity index (χ4v) is 1.24. The van der Waals surface area contributed by atoms with Gasteiger partial charge in [0.2, 0.25) is 0 Å². The summed E-state index contributed by atoms with van der Waals surface area (Å²) in [6, 6.07) is 0. The molecule has 0 aromatic rings. The summed E-state index contributed by atoms with van der Waals surface area (Å²) in [5, 5.41) is 70.7. The standard InChI is InChI=1S/C10H20O3.9CH2O2/c1-3-5-6-7-8-9(10(11)12)13-4-2;9*2-1-3/h9H,3-8H2,1-2H3,(H,11,12);9*1H,(H,2,3). The van der Waals surface area contributed by atoms with E-state index in [2.05, 4.69) is 6.92 Å². The number of hydrogen-bond acceptors (Lipinski definition) is 11. The molecule has 0 aliphatic rings. The highest BCUT2D eigenvalue weighted by molar-refractivity contribution is 5.72. The summed E-state index contributed by atoms with van der Waals surface area (Å²) in [5.74, 6) is -0.835. The molecule has 1 unspecified atom stereocenters. The van der Waals surface area contributed by atoms with Crippen LogP contribution in [-0.4, -0.2) is 128 Å². The molecule has 0 aliphatic carbocycles. The normalized spacial score (nSPS) is 6.85. The first-order valence-electron chi connectivity index (χ1n) is 9.51. The molecule has 0 radical (unpaired) electrons. The molecule has 0 heterocycles. The lowest BCUT2D eigenvalue weighted by molar-refractivity contribution is -0.150. The van der Waals surface area contributed by atoms with Gasteiger partial charge in [0.05, 0.1) is 0 Å². The Balaban J connectivity index is -0.0000000349. The molecule has 0 aliphatic heterocycles. The third-order valence-electron chi connectivity index (χ3n) is 1.96. The summed E-state index contributed by atoms with van der Waals surface area (Å²) in [5.41, 5.74) is 0. The molecule has 10 N–H and O–H groups in total. The largest absolute Gasteiger partial charge is 0.483 e. The number of carboxylic acid groups (broad SMARTS) is 10. The van der Waals surface area contributed by atoms with E-state index in [1.54, 1.807) is 0 Å². The van der Waals surface area contributed by atoms with Crippen LogP contribution in [0.25, 0.3) is 0 Å². The number of carbonyl (C=O) groups is 10. The summed E-state index contributed by atoms with van der Waals surface area (Å²) in [7, 11) is 0. The molecule has 240 valence electrons. The van der Waals surface area contributed by atoms with Crippen molar-refractivity contribution in [1.82, 2.24) is 0 Å². The Bertz CT molecular complexity index is 399. The molecule has 0 aromatic heterocycles. The van der Waals surface area contributed by atoms with Crippen LogP contribution in [0.3, 0.4) is 0 Å². The van der Waals surface area contributed by atoms with Gasteiger partial charge in [0.25, 0.3) is 58.2 Å². The maximum atomic E-state index is 10.6. The summed E-state index contributed by atoms with van der Waals surface area (Å²) in [4.78, 5) is 85.9. The topological polar surface area (TPSA) is 382 Å². The van der Waals surface area contributed by atoms with Crippen LogP contribution in [0.4, 0.5) is 0 Å². The molecule has 0 aromatic carbocycles. The van der Waals surface area contributed by atoms with E-state index in [0.29, 0.717) is 13.0 Å². The number of aliphatic carboxylic acids is 1. The molecule has 0 fully saturated rings. The first-order chi connectivity index (χ1) is 18.9. The highest BCUT2D eigenvalue weighted by atomic mass is 16.5. The van der Waals surface area contributed by atoms with Crippen LogP contribution in [0.2, 0.25) is 0 Å². The maximum Gasteiger partial charge on any atom is 0.332 e. The predicted molar refractivity (Wildman–Crippen MR) is 130 cm³/mol. The Morgan fingerprint density at radius 2 is 0.750 bits per heavy atom. The SMILES string of the molecule is CCCCCCC(OCC)C(=O)O.O=CO.O=CO.O=CO.O=CO.O=CO.O=CO.O=CO.O=CO.O=CO. The minimum Gasteiger partial charge on any atom is -0.483 e. The average molecular weight is 602 g/mol. The molecular formula is C19H38O21. The van der Waals surface area contributed by atoms with Crippen LogP contribution in [0, 0.1) is 0 Å². The molecule has 0 saturated carbocycles. The van der Waals surface area contributed by atoms with E-state index in [0.717, 1.165) is 12.8 Å². The quantitative estimate of drug-likeness (QED) is 0.126. The zero-order valence-electron chi connectivity index (χ0n) is 21.5. The van der Waals surface area contributed by atoms with Crippen molar-refractivity contribution >= 4 is 64.2 Å². The van der Waals surface area contributed by atoms with E-state index in [1.165, 1.54) is 12.8 Å². The predicted octanol–water partition coefficient (Wildman–Crippen LogP) is -0.246. The van der Waals surface area contributed by atoms with Crippen molar-refractivity contribution in [2.24, 2.45) is 0 Å². The number of carboxylic acids is 1. The molecule has 21 nitrogen and oxygen atoms in total. The molecule has 21 heteroatoms. The second-order valence-electron chi connectivity index (χ2n) is 4.08. The lowest BCUT2D eigenvalue weighted by atomic mass is 10.1. The third-order valence-corrected chi connectivity index (χ3v) is 1.96. The van der Waals surface area contributed by atoms with Crippen molar-refractivity contribution in [2.45, 2.75) is 52.1 Å². The number of ether oxygens (including phenoxy) is 1. The van der Waals surface area contributed by atoms with Crippen LogP contribution < -0.4 is 0 Å². The van der Waals surface area contributed by atoms with Gasteiger partial charge in [0.1, 0.15) is 0 Å². The highest BCUT2D eigenvalue weighted by Gasteiger charge is 2.15. The minimum atomic E-state index is -0.835. The maximum absolute atomic E-state index is 10.6. The summed E-state index contributed by atoms with van der Waals surface area (Å²) in [6.45, 7) is 2.18. The number of hydrogen-bond donors (Lipinski definition) is 10. The molecule has 0 rings (SSSR count). The monoisotopic (exact) mass is 602 g/mol. The Morgan fingerprint density at radius 3 is 0.900 bits per heavy atom. The minimum absolute atomic E-state index is 0.250. The highest BCUT2D eigenvalue weighted by Crippen LogP contribution is 2.08. The Kier molecular flexibility index (Phi) is 209. The van der Waals surface area contributed by atoms with Gasteiger partial charge in [-0.2, -0.15) is 0 Å². The van der Waals surface area contributed by atoms with Crippen molar-refractivity contribution in [1.29, 1.82) is 0 Å². The molecule has 40 heavy (non-hydrogen) atoms. The molecule has 0 spiro atoms. The van der Waals surface area contributed by atoms with E-state index >= 15 is 0 Å². The Hall–Kier alpha value is -5.34. The van der Waals surface area contributed by atoms with Crippen LogP contribution in [0.1, 0.15) is 46.0 Å². The van der Waals surface area contributed by atoms with Gasteiger partial charge >= 0.3 is 5.97 Å². The first kappa shape index (κ1) is 64.6. The van der Waals surface area contributed by atoms with E-state index in [-0.39, 0.29) is 58.2 Å². The molecule has 0 amide bonds. The molecule has 1 atom stereocenters. The zero-order chi connectivity index (χ0) is 34.5. The Labute approximate surface area is 227 Å². The van der Waals surface area contributed by atoms with Gasteiger partial charge < -0.3 is 55.8 Å². The Morgan fingerprint density at radius 1 is 0.525 bits per heavy atom. The van der Waals surface area contributed by atoms with Crippen molar-refractivity contribution in [2.75, 3.05) is 6.61 Å². The van der Waals surface area contributed by atoms with E-state index < -0.39 is 12.1 Å². The second kappa shape index (κ2) is 129. The van der Waals surface area contributed by atoms with Crippen LogP contribution in [0.15, 0.2) is 0 Å². The number of unbranched alkanes of at least 4 members (excludes halogenated alkanes) is 3. The smallest absolute Gasteiger partial charge is 0.332 e. The van der Waals surface area contributed by atoms with E-state index in [1.807, 2.05) is 6.92 Å². The second-order valence-corrected chi connectivity index (χ2v) is 4.08. The lowest BCUT2D eigenvalue weighted by Gasteiger charge is -2.11. The van der Waals surface area contributed by atoms with Gasteiger partial charge in [-0.25, -0.2) is 4.79 Å². The zero-order valence-corrected chi connectivity index (χ0v) is 21.5. The van der Waals surface area contributed by atoms with Gasteiger partial charge in [-0.1, -0.05) is 32.6 Å². The van der Waals surface area contributed by atoms with Crippen molar-refractivity contribution in [3.63, 3.8) is 0 Å². The van der Waals surface area contributed by atoms with E-state index in [9.17, 15) is 4.79 Å². The van der Waals surface area contributed by atoms with Crippen molar-refractivity contribution in [3.05, 3.63) is 0 Å². The van der Waals surface area contributed by atoms with Crippen molar-refractivity contribution in [3.8, 4) is 0 Å². The molecule has 0 bridgehead atoms. The molecule has 0 saturated heterocycles. The third kappa shape index (κ3) is 558. The lowest BCUT2D eigenvalue weighted by Crippen LogP contribution is -2.23. The van der Waals surface area contributed by atoms with Crippen molar-refractivity contribution < 1.29 is 104 Å². The van der Waals surface area contributed by atoms with Gasteiger partial charge in [-0.3, -0.25) is 43.2 Å². The van der Waals surface area contributed by atoms with E-state index in [4.69, 9.17) is 99.0 Å². The average Bonchev–Trinajstić information content (AvgIpc) is 2.86.